The summed E-state index contributed by atoms with van der Waals surface area (Å²) in [5, 5.41) is 17.8. The van der Waals surface area contributed by atoms with Crippen LogP contribution in [0.1, 0.15) is 107 Å². The summed E-state index contributed by atoms with van der Waals surface area (Å²) in [6.45, 7) is 16.8. The van der Waals surface area contributed by atoms with Crippen LogP contribution < -0.4 is 15.4 Å². The van der Waals surface area contributed by atoms with Gasteiger partial charge < -0.3 is 24.9 Å². The number of benzene rings is 3. The van der Waals surface area contributed by atoms with Crippen molar-refractivity contribution in [1.82, 2.24) is 10.6 Å². The highest BCUT2D eigenvalue weighted by Gasteiger charge is 2.51. The number of aliphatic hydroxyl groups is 1. The Bertz CT molecular complexity index is 1610. The molecule has 4 fully saturated rings. The highest BCUT2D eigenvalue weighted by molar-refractivity contribution is 6.74. The zero-order valence-electron chi connectivity index (χ0n) is 32.2. The van der Waals surface area contributed by atoms with Crippen LogP contribution in [-0.2, 0) is 35.3 Å². The lowest BCUT2D eigenvalue weighted by atomic mass is 9.53. The van der Waals surface area contributed by atoms with Gasteiger partial charge in [0.25, 0.3) is 0 Å². The summed E-state index contributed by atoms with van der Waals surface area (Å²) in [6.07, 6.45) is 8.73. The van der Waals surface area contributed by atoms with E-state index in [1.807, 2.05) is 42.5 Å². The molecule has 7 rings (SSSR count). The summed E-state index contributed by atoms with van der Waals surface area (Å²) in [5.41, 5.74) is 5.00. The third kappa shape index (κ3) is 9.53. The molecule has 0 aliphatic heterocycles. The second-order valence-electron chi connectivity index (χ2n) is 18.4. The number of carbonyl (C=O) groups excluding carboxylic acids is 1. The molecule has 1 amide bonds. The zero-order valence-corrected chi connectivity index (χ0v) is 33.2. The fraction of sp³-hybridized carbons (Fsp3) is 0.568. The second kappa shape index (κ2) is 15.2. The van der Waals surface area contributed by atoms with Gasteiger partial charge in [0.1, 0.15) is 12.4 Å². The molecular formula is C44H62N2O4Si. The third-order valence-electron chi connectivity index (χ3n) is 12.3. The lowest BCUT2D eigenvalue weighted by Gasteiger charge is -2.56. The fourth-order valence-electron chi connectivity index (χ4n) is 9.14. The standard InChI is InChI=1S/C44H62N2O4Si/c1-42(2,3)51(6,7)50-40(37-16-17-39(38(23-37)29-47)49-30-31-12-9-8-10-13-31)28-45-43(4,5)24-33-15-11-14-32(18-33)22-41(48)46-44-25-34-19-35(26-44)21-36(20-34)27-44/h8-18,23,34-36,40,45,47H,19-22,24-30H2,1-7H3,(H,46,48)/t34?,35?,36?,40-,44?/m1/s1. The Kier molecular flexibility index (Phi) is 11.2. The predicted octanol–water partition coefficient (Wildman–Crippen LogP) is 9.06. The highest BCUT2D eigenvalue weighted by atomic mass is 28.4. The fourth-order valence-corrected chi connectivity index (χ4v) is 10.4. The van der Waals surface area contributed by atoms with Gasteiger partial charge in [0.05, 0.1) is 19.1 Å². The first-order valence-corrected chi connectivity index (χ1v) is 22.2. The number of hydrogen-bond donors (Lipinski definition) is 3. The molecule has 0 spiro atoms. The minimum Gasteiger partial charge on any atom is -0.489 e. The molecule has 4 saturated carbocycles. The highest BCUT2D eigenvalue weighted by Crippen LogP contribution is 2.55. The molecule has 0 saturated heterocycles. The average Bonchev–Trinajstić information content (AvgIpc) is 3.04. The Morgan fingerprint density at radius 3 is 2.12 bits per heavy atom. The van der Waals surface area contributed by atoms with Crippen LogP contribution in [0, 0.1) is 17.8 Å². The summed E-state index contributed by atoms with van der Waals surface area (Å²) < 4.78 is 13.2. The molecule has 6 nitrogen and oxygen atoms in total. The summed E-state index contributed by atoms with van der Waals surface area (Å²) in [6, 6.07) is 24.8. The number of aliphatic hydroxyl groups excluding tert-OH is 1. The lowest BCUT2D eigenvalue weighted by Crippen LogP contribution is -2.60. The van der Waals surface area contributed by atoms with Crippen LogP contribution in [0.25, 0.3) is 0 Å². The van der Waals surface area contributed by atoms with E-state index in [1.165, 1.54) is 44.1 Å². The van der Waals surface area contributed by atoms with Gasteiger partial charge in [0.15, 0.2) is 8.32 Å². The van der Waals surface area contributed by atoms with Gasteiger partial charge in [-0.15, -0.1) is 0 Å². The van der Waals surface area contributed by atoms with Gasteiger partial charge in [-0.3, -0.25) is 4.79 Å². The summed E-state index contributed by atoms with van der Waals surface area (Å²) >= 11 is 0. The van der Waals surface area contributed by atoms with E-state index in [2.05, 4.69) is 88.7 Å². The topological polar surface area (TPSA) is 79.8 Å². The van der Waals surface area contributed by atoms with E-state index < -0.39 is 8.32 Å². The minimum absolute atomic E-state index is 0.0434. The largest absolute Gasteiger partial charge is 0.489 e. The van der Waals surface area contributed by atoms with Crippen LogP contribution in [0.15, 0.2) is 72.8 Å². The van der Waals surface area contributed by atoms with Gasteiger partial charge in [-0.05, 0) is 129 Å². The molecule has 4 aliphatic carbocycles. The van der Waals surface area contributed by atoms with Crippen LogP contribution in [0.5, 0.6) is 5.75 Å². The Hall–Kier alpha value is -2.97. The van der Waals surface area contributed by atoms with Crippen molar-refractivity contribution in [2.24, 2.45) is 17.8 Å². The van der Waals surface area contributed by atoms with Crippen molar-refractivity contribution in [2.45, 2.75) is 135 Å². The van der Waals surface area contributed by atoms with Gasteiger partial charge in [0, 0.05) is 23.2 Å². The molecule has 4 bridgehead atoms. The van der Waals surface area contributed by atoms with Crippen molar-refractivity contribution in [3.63, 3.8) is 0 Å². The van der Waals surface area contributed by atoms with Crippen LogP contribution in [0.3, 0.4) is 0 Å². The summed E-state index contributed by atoms with van der Waals surface area (Å²) in [4.78, 5) is 13.4. The van der Waals surface area contributed by atoms with Crippen molar-refractivity contribution in [1.29, 1.82) is 0 Å². The van der Waals surface area contributed by atoms with Crippen molar-refractivity contribution >= 4 is 14.2 Å². The molecule has 3 aromatic rings. The Labute approximate surface area is 308 Å². The van der Waals surface area contributed by atoms with E-state index in [1.54, 1.807) is 0 Å². The predicted molar refractivity (Wildman–Crippen MR) is 209 cm³/mol. The quantitative estimate of drug-likeness (QED) is 0.137. The van der Waals surface area contributed by atoms with E-state index >= 15 is 0 Å². The minimum atomic E-state index is -2.14. The van der Waals surface area contributed by atoms with Crippen LogP contribution >= 0.6 is 0 Å². The molecule has 51 heavy (non-hydrogen) atoms. The Morgan fingerprint density at radius 1 is 0.863 bits per heavy atom. The summed E-state index contributed by atoms with van der Waals surface area (Å²) in [7, 11) is -2.14. The van der Waals surface area contributed by atoms with Crippen LogP contribution in [0.4, 0.5) is 0 Å². The molecule has 3 N–H and O–H groups in total. The first kappa shape index (κ1) is 37.8. The number of nitrogens with one attached hydrogen (secondary N) is 2. The maximum absolute atomic E-state index is 13.4. The van der Waals surface area contributed by atoms with Gasteiger partial charge >= 0.3 is 0 Å². The van der Waals surface area contributed by atoms with Crippen molar-refractivity contribution < 1.29 is 19.1 Å². The molecule has 0 aromatic heterocycles. The molecule has 3 aromatic carbocycles. The van der Waals surface area contributed by atoms with E-state index in [0.717, 1.165) is 46.4 Å². The van der Waals surface area contributed by atoms with Crippen molar-refractivity contribution in [2.75, 3.05) is 6.54 Å². The second-order valence-corrected chi connectivity index (χ2v) is 23.1. The SMILES string of the molecule is CC(C)(Cc1cccc(CC(=O)NC23CC4CC(CC(C4)C2)C3)c1)NC[C@@H](O[Si](C)(C)C(C)(C)C)c1ccc(OCc2ccccc2)c(CO)c1. The monoisotopic (exact) mass is 710 g/mol. The smallest absolute Gasteiger partial charge is 0.224 e. The first-order chi connectivity index (χ1) is 24.1. The third-order valence-corrected chi connectivity index (χ3v) is 16.8. The molecule has 7 heteroatoms. The van der Waals surface area contributed by atoms with E-state index in [9.17, 15) is 9.90 Å². The Balaban J connectivity index is 1.11. The first-order valence-electron chi connectivity index (χ1n) is 19.3. The maximum atomic E-state index is 13.4. The van der Waals surface area contributed by atoms with Gasteiger partial charge in [0.2, 0.25) is 5.91 Å². The molecule has 276 valence electrons. The molecule has 0 heterocycles. The zero-order chi connectivity index (χ0) is 36.4. The normalized spacial score (nSPS) is 23.6. The molecule has 1 atom stereocenters. The molecule has 0 unspecified atom stereocenters. The van der Waals surface area contributed by atoms with Crippen LogP contribution in [-0.4, -0.2) is 37.0 Å². The average molecular weight is 711 g/mol. The van der Waals surface area contributed by atoms with Gasteiger partial charge in [-0.25, -0.2) is 0 Å². The molecular weight excluding hydrogens is 649 g/mol. The van der Waals surface area contributed by atoms with E-state index in [4.69, 9.17) is 9.16 Å². The molecule has 0 radical (unpaired) electrons. The maximum Gasteiger partial charge on any atom is 0.224 e. The van der Waals surface area contributed by atoms with Gasteiger partial charge in [-0.2, -0.15) is 0 Å². The van der Waals surface area contributed by atoms with E-state index in [0.29, 0.717) is 25.3 Å². The number of carbonyl (C=O) groups is 1. The van der Waals surface area contributed by atoms with Crippen molar-refractivity contribution in [3.8, 4) is 5.75 Å². The van der Waals surface area contributed by atoms with Crippen LogP contribution in [0.2, 0.25) is 18.1 Å². The number of rotatable bonds is 15. The number of amides is 1. The van der Waals surface area contributed by atoms with Crippen molar-refractivity contribution in [3.05, 3.63) is 101 Å². The summed E-state index contributed by atoms with van der Waals surface area (Å²) in [5.74, 6) is 3.32. The number of ether oxygens (including phenoxy) is 1. The number of hydrogen-bond acceptors (Lipinski definition) is 5. The Morgan fingerprint density at radius 2 is 1.49 bits per heavy atom. The van der Waals surface area contributed by atoms with E-state index in [-0.39, 0.29) is 34.7 Å². The lowest BCUT2D eigenvalue weighted by molar-refractivity contribution is -0.126. The van der Waals surface area contributed by atoms with Gasteiger partial charge in [-0.1, -0.05) is 81.4 Å². The molecule has 4 aliphatic rings.